The van der Waals surface area contributed by atoms with Crippen LogP contribution < -0.4 is 0 Å². The monoisotopic (exact) mass is 298 g/mol. The second kappa shape index (κ2) is 6.88. The molecule has 0 fully saturated rings. The predicted molar refractivity (Wildman–Crippen MR) is 78.9 cm³/mol. The molecule has 0 saturated carbocycles. The standard InChI is InChI=1S/C15H22O4S/c1-4-11(5-2)10-20(18,19)14-9-13(15(16)17)8-7-12(14)6-3/h7-9,11H,4-6,10H2,1-3H3,(H,16,17). The number of aromatic carboxylic acids is 1. The highest BCUT2D eigenvalue weighted by Gasteiger charge is 2.23. The zero-order valence-electron chi connectivity index (χ0n) is 12.2. The quantitative estimate of drug-likeness (QED) is 0.839. The molecule has 0 atom stereocenters. The van der Waals surface area contributed by atoms with E-state index >= 15 is 0 Å². The Balaban J connectivity index is 3.28. The SMILES string of the molecule is CCc1ccc(C(=O)O)cc1S(=O)(=O)CC(CC)CC. The fourth-order valence-corrected chi connectivity index (χ4v) is 4.38. The molecule has 1 aromatic rings. The van der Waals surface area contributed by atoms with Crippen LogP contribution in [0.2, 0.25) is 0 Å². The van der Waals surface area contributed by atoms with Crippen LogP contribution in [0.25, 0.3) is 0 Å². The number of sulfone groups is 1. The first-order valence-corrected chi connectivity index (χ1v) is 8.59. The van der Waals surface area contributed by atoms with Crippen molar-refractivity contribution in [3.63, 3.8) is 0 Å². The van der Waals surface area contributed by atoms with E-state index in [0.717, 1.165) is 12.8 Å². The van der Waals surface area contributed by atoms with Crippen LogP contribution in [0.3, 0.4) is 0 Å². The topological polar surface area (TPSA) is 71.4 Å². The van der Waals surface area contributed by atoms with E-state index in [9.17, 15) is 13.2 Å². The van der Waals surface area contributed by atoms with Crippen LogP contribution in [0.4, 0.5) is 0 Å². The summed E-state index contributed by atoms with van der Waals surface area (Å²) in [6, 6.07) is 4.35. The zero-order valence-corrected chi connectivity index (χ0v) is 13.0. The second-order valence-corrected chi connectivity index (χ2v) is 6.95. The summed E-state index contributed by atoms with van der Waals surface area (Å²) in [6.07, 6.45) is 2.17. The Morgan fingerprint density at radius 3 is 2.25 bits per heavy atom. The Kier molecular flexibility index (Phi) is 5.74. The first-order valence-electron chi connectivity index (χ1n) is 6.94. The molecule has 0 bridgehead atoms. The Bertz CT molecular complexity index is 572. The molecule has 0 aliphatic heterocycles. The maximum atomic E-state index is 12.5. The van der Waals surface area contributed by atoms with Gasteiger partial charge in [-0.25, -0.2) is 13.2 Å². The van der Waals surface area contributed by atoms with Gasteiger partial charge in [0.1, 0.15) is 0 Å². The molecule has 20 heavy (non-hydrogen) atoms. The Morgan fingerprint density at radius 2 is 1.80 bits per heavy atom. The first-order chi connectivity index (χ1) is 9.35. The smallest absolute Gasteiger partial charge is 0.335 e. The number of benzene rings is 1. The highest BCUT2D eigenvalue weighted by atomic mass is 32.2. The van der Waals surface area contributed by atoms with Crippen molar-refractivity contribution in [2.45, 2.75) is 44.9 Å². The lowest BCUT2D eigenvalue weighted by atomic mass is 10.1. The summed E-state index contributed by atoms with van der Waals surface area (Å²) in [5, 5.41) is 9.02. The van der Waals surface area contributed by atoms with Crippen LogP contribution >= 0.6 is 0 Å². The highest BCUT2D eigenvalue weighted by Crippen LogP contribution is 2.23. The zero-order chi connectivity index (χ0) is 15.3. The largest absolute Gasteiger partial charge is 0.478 e. The summed E-state index contributed by atoms with van der Waals surface area (Å²) < 4.78 is 25.0. The Hall–Kier alpha value is -1.36. The Morgan fingerprint density at radius 1 is 1.20 bits per heavy atom. The minimum atomic E-state index is -3.45. The molecule has 5 heteroatoms. The number of hydrogen-bond donors (Lipinski definition) is 1. The summed E-state index contributed by atoms with van der Waals surface area (Å²) in [7, 11) is -3.45. The normalized spacial score (nSPS) is 11.8. The molecule has 0 aliphatic carbocycles. The molecule has 112 valence electrons. The van der Waals surface area contributed by atoms with E-state index in [1.807, 2.05) is 20.8 Å². The summed E-state index contributed by atoms with van der Waals surface area (Å²) in [4.78, 5) is 11.2. The third kappa shape index (κ3) is 3.82. The van der Waals surface area contributed by atoms with Gasteiger partial charge in [0.2, 0.25) is 0 Å². The van der Waals surface area contributed by atoms with E-state index in [-0.39, 0.29) is 22.1 Å². The maximum Gasteiger partial charge on any atom is 0.335 e. The van der Waals surface area contributed by atoms with Gasteiger partial charge < -0.3 is 5.11 Å². The van der Waals surface area contributed by atoms with E-state index in [4.69, 9.17) is 5.11 Å². The molecule has 4 nitrogen and oxygen atoms in total. The van der Waals surface area contributed by atoms with Gasteiger partial charge in [-0.2, -0.15) is 0 Å². The number of hydrogen-bond acceptors (Lipinski definition) is 3. The van der Waals surface area contributed by atoms with Crippen LogP contribution in [-0.4, -0.2) is 25.2 Å². The lowest BCUT2D eigenvalue weighted by molar-refractivity contribution is 0.0696. The molecular formula is C15H22O4S. The molecule has 1 aromatic carbocycles. The van der Waals surface area contributed by atoms with Gasteiger partial charge in [-0.1, -0.05) is 39.7 Å². The van der Waals surface area contributed by atoms with Crippen LogP contribution in [0.15, 0.2) is 23.1 Å². The average Bonchev–Trinajstić information content (AvgIpc) is 2.43. The fraction of sp³-hybridized carbons (Fsp3) is 0.533. The third-order valence-electron chi connectivity index (χ3n) is 3.64. The van der Waals surface area contributed by atoms with Crippen molar-refractivity contribution in [2.75, 3.05) is 5.75 Å². The van der Waals surface area contributed by atoms with Crippen LogP contribution in [-0.2, 0) is 16.3 Å². The fourth-order valence-electron chi connectivity index (χ4n) is 2.19. The first kappa shape index (κ1) is 16.7. The molecule has 0 aliphatic rings. The van der Waals surface area contributed by atoms with Gasteiger partial charge in [-0.15, -0.1) is 0 Å². The van der Waals surface area contributed by atoms with Gasteiger partial charge in [0, 0.05) is 0 Å². The van der Waals surface area contributed by atoms with E-state index < -0.39 is 15.8 Å². The van der Waals surface area contributed by atoms with E-state index in [1.165, 1.54) is 12.1 Å². The van der Waals surface area contributed by atoms with Crippen molar-refractivity contribution < 1.29 is 18.3 Å². The van der Waals surface area contributed by atoms with Crippen LogP contribution in [0, 0.1) is 5.92 Å². The van der Waals surface area contributed by atoms with Crippen molar-refractivity contribution in [3.8, 4) is 0 Å². The molecule has 1 rings (SSSR count). The summed E-state index contributed by atoms with van der Waals surface area (Å²) in [5.74, 6) is -0.916. The second-order valence-electron chi connectivity index (χ2n) is 4.95. The van der Waals surface area contributed by atoms with Crippen molar-refractivity contribution in [1.29, 1.82) is 0 Å². The number of aryl methyl sites for hydroxylation is 1. The molecule has 1 N–H and O–H groups in total. The molecule has 0 aromatic heterocycles. The number of rotatable bonds is 7. The summed E-state index contributed by atoms with van der Waals surface area (Å²) in [6.45, 7) is 5.81. The maximum absolute atomic E-state index is 12.5. The number of carboxylic acid groups (broad SMARTS) is 1. The van der Waals surface area contributed by atoms with Crippen molar-refractivity contribution in [1.82, 2.24) is 0 Å². The van der Waals surface area contributed by atoms with Gasteiger partial charge in [0.05, 0.1) is 16.2 Å². The van der Waals surface area contributed by atoms with Gasteiger partial charge in [-0.05, 0) is 30.0 Å². The van der Waals surface area contributed by atoms with E-state index in [1.54, 1.807) is 6.07 Å². The predicted octanol–water partition coefficient (Wildman–Crippen LogP) is 3.16. The van der Waals surface area contributed by atoms with Crippen LogP contribution in [0.1, 0.15) is 49.5 Å². The van der Waals surface area contributed by atoms with Gasteiger partial charge in [0.25, 0.3) is 0 Å². The Labute approximate surface area is 120 Å². The van der Waals surface area contributed by atoms with Crippen molar-refractivity contribution in [2.24, 2.45) is 5.92 Å². The number of carbonyl (C=O) groups is 1. The van der Waals surface area contributed by atoms with Crippen molar-refractivity contribution in [3.05, 3.63) is 29.3 Å². The lowest BCUT2D eigenvalue weighted by Crippen LogP contribution is -2.17. The highest BCUT2D eigenvalue weighted by molar-refractivity contribution is 7.91. The van der Waals surface area contributed by atoms with E-state index in [2.05, 4.69) is 0 Å². The number of carboxylic acids is 1. The molecule has 0 radical (unpaired) electrons. The van der Waals surface area contributed by atoms with Crippen LogP contribution in [0.5, 0.6) is 0 Å². The molecule has 0 spiro atoms. The average molecular weight is 298 g/mol. The molecule has 0 saturated heterocycles. The van der Waals surface area contributed by atoms with Gasteiger partial charge in [-0.3, -0.25) is 0 Å². The molecule has 0 amide bonds. The molecule has 0 unspecified atom stereocenters. The minimum Gasteiger partial charge on any atom is -0.478 e. The van der Waals surface area contributed by atoms with Gasteiger partial charge in [0.15, 0.2) is 9.84 Å². The third-order valence-corrected chi connectivity index (χ3v) is 5.60. The summed E-state index contributed by atoms with van der Waals surface area (Å²) >= 11 is 0. The minimum absolute atomic E-state index is 0.0188. The van der Waals surface area contributed by atoms with Crippen molar-refractivity contribution >= 4 is 15.8 Å². The van der Waals surface area contributed by atoms with Gasteiger partial charge >= 0.3 is 5.97 Å². The lowest BCUT2D eigenvalue weighted by Gasteiger charge is -2.15. The van der Waals surface area contributed by atoms with E-state index in [0.29, 0.717) is 12.0 Å². The molecular weight excluding hydrogens is 276 g/mol. The molecule has 0 heterocycles. The summed E-state index contributed by atoms with van der Waals surface area (Å²) in [5.41, 5.74) is 0.700.